The van der Waals surface area contributed by atoms with Crippen molar-refractivity contribution in [2.45, 2.75) is 13.3 Å². The predicted molar refractivity (Wildman–Crippen MR) is 68.6 cm³/mol. The molecule has 1 aliphatic carbocycles. The number of nitrogens with one attached hydrogen (secondary N) is 1. The van der Waals surface area contributed by atoms with E-state index in [-0.39, 0.29) is 5.43 Å². The van der Waals surface area contributed by atoms with Gasteiger partial charge in [0.25, 0.3) is 0 Å². The molecule has 0 spiro atoms. The third-order valence-corrected chi connectivity index (χ3v) is 2.62. The maximum atomic E-state index is 11.7. The van der Waals surface area contributed by atoms with Gasteiger partial charge in [-0.15, -0.1) is 0 Å². The molecule has 1 aromatic carbocycles. The van der Waals surface area contributed by atoms with E-state index in [9.17, 15) is 4.79 Å². The van der Waals surface area contributed by atoms with Gasteiger partial charge in [-0.2, -0.15) is 0 Å². The van der Waals surface area contributed by atoms with Crippen molar-refractivity contribution in [1.29, 1.82) is 0 Å². The molecule has 1 N–H and O–H groups in total. The first-order valence-corrected chi connectivity index (χ1v) is 5.55. The topological polar surface area (TPSA) is 29.1 Å². The van der Waals surface area contributed by atoms with Gasteiger partial charge in [0, 0.05) is 6.54 Å². The molecule has 0 heterocycles. The molecular weight excluding hydrogens is 198 g/mol. The second-order valence-corrected chi connectivity index (χ2v) is 3.75. The van der Waals surface area contributed by atoms with Gasteiger partial charge in [0.15, 0.2) is 0 Å². The van der Waals surface area contributed by atoms with Crippen molar-refractivity contribution in [2.75, 3.05) is 11.9 Å². The van der Waals surface area contributed by atoms with E-state index in [0.29, 0.717) is 5.69 Å². The smallest absolute Gasteiger partial charge is 0.201 e. The van der Waals surface area contributed by atoms with Gasteiger partial charge in [-0.05, 0) is 36.6 Å². The summed E-state index contributed by atoms with van der Waals surface area (Å²) < 4.78 is 0. The van der Waals surface area contributed by atoms with Crippen molar-refractivity contribution in [1.82, 2.24) is 0 Å². The summed E-state index contributed by atoms with van der Waals surface area (Å²) in [5, 5.41) is 3.07. The normalized spacial score (nSPS) is 13.7. The standard InChI is InChI=1S/C14H15NO/c1-2-15-13-9-7-12(8-10-14(13)16)11-5-3-4-6-11/h3-5,7-10H,2,6H2,1H3,(H,15,16). The predicted octanol–water partition coefficient (Wildman–Crippen LogP) is 2.82. The lowest BCUT2D eigenvalue weighted by Gasteiger charge is -1.98. The largest absolute Gasteiger partial charge is 0.382 e. The molecule has 0 saturated carbocycles. The third-order valence-electron chi connectivity index (χ3n) is 2.62. The van der Waals surface area contributed by atoms with Gasteiger partial charge in [-0.25, -0.2) is 0 Å². The number of hydrogen-bond acceptors (Lipinski definition) is 2. The van der Waals surface area contributed by atoms with Crippen LogP contribution < -0.4 is 10.7 Å². The van der Waals surface area contributed by atoms with Crippen molar-refractivity contribution < 1.29 is 0 Å². The Labute approximate surface area is 95.3 Å². The first kappa shape index (κ1) is 10.7. The summed E-state index contributed by atoms with van der Waals surface area (Å²) in [6, 6.07) is 7.38. The van der Waals surface area contributed by atoms with E-state index < -0.39 is 0 Å². The highest BCUT2D eigenvalue weighted by Crippen LogP contribution is 2.22. The maximum Gasteiger partial charge on any atom is 0.201 e. The monoisotopic (exact) mass is 213 g/mol. The molecule has 82 valence electrons. The van der Waals surface area contributed by atoms with E-state index in [1.165, 1.54) is 5.57 Å². The Bertz CT molecular complexity index is 500. The molecule has 0 bridgehead atoms. The van der Waals surface area contributed by atoms with Gasteiger partial charge in [0.05, 0.1) is 5.69 Å². The highest BCUT2D eigenvalue weighted by molar-refractivity contribution is 5.71. The lowest BCUT2D eigenvalue weighted by atomic mass is 10.1. The van der Waals surface area contributed by atoms with Crippen molar-refractivity contribution in [3.8, 4) is 0 Å². The molecule has 0 aliphatic heterocycles. The molecular formula is C14H15NO. The average Bonchev–Trinajstić information content (AvgIpc) is 2.75. The Kier molecular flexibility index (Phi) is 3.20. The zero-order chi connectivity index (χ0) is 11.4. The van der Waals surface area contributed by atoms with Gasteiger partial charge in [-0.1, -0.05) is 30.4 Å². The van der Waals surface area contributed by atoms with Crippen molar-refractivity contribution in [3.05, 3.63) is 58.3 Å². The highest BCUT2D eigenvalue weighted by Gasteiger charge is 2.02. The molecule has 0 atom stereocenters. The van der Waals surface area contributed by atoms with Gasteiger partial charge in [-0.3, -0.25) is 4.79 Å². The minimum Gasteiger partial charge on any atom is -0.382 e. The van der Waals surface area contributed by atoms with Gasteiger partial charge in [0.2, 0.25) is 5.43 Å². The van der Waals surface area contributed by atoms with Crippen LogP contribution in [-0.4, -0.2) is 6.54 Å². The molecule has 0 saturated heterocycles. The third kappa shape index (κ3) is 2.22. The molecule has 0 aromatic heterocycles. The second kappa shape index (κ2) is 4.79. The van der Waals surface area contributed by atoms with Gasteiger partial charge in [0.1, 0.15) is 0 Å². The number of hydrogen-bond donors (Lipinski definition) is 1. The maximum absolute atomic E-state index is 11.7. The quantitative estimate of drug-likeness (QED) is 0.836. The van der Waals surface area contributed by atoms with Crippen LogP contribution in [0.1, 0.15) is 18.9 Å². The Morgan fingerprint density at radius 1 is 1.25 bits per heavy atom. The molecule has 0 radical (unpaired) electrons. The van der Waals surface area contributed by atoms with E-state index in [1.54, 1.807) is 6.07 Å². The molecule has 0 amide bonds. The SMILES string of the molecule is CCNc1ccc(C2=CC=CC2)ccc1=O. The van der Waals surface area contributed by atoms with Crippen molar-refractivity contribution >= 4 is 11.3 Å². The molecule has 1 aliphatic rings. The first-order chi connectivity index (χ1) is 7.81. The van der Waals surface area contributed by atoms with Crippen LogP contribution in [0.2, 0.25) is 0 Å². The Balaban J connectivity index is 2.37. The zero-order valence-electron chi connectivity index (χ0n) is 9.36. The summed E-state index contributed by atoms with van der Waals surface area (Å²) in [5.74, 6) is 0. The molecule has 1 aromatic rings. The van der Waals surface area contributed by atoms with Crippen LogP contribution in [0.5, 0.6) is 0 Å². The lowest BCUT2D eigenvalue weighted by molar-refractivity contribution is 1.21. The Morgan fingerprint density at radius 2 is 2.06 bits per heavy atom. The first-order valence-electron chi connectivity index (χ1n) is 5.55. The minimum absolute atomic E-state index is 0.0413. The van der Waals surface area contributed by atoms with Crippen LogP contribution in [-0.2, 0) is 0 Å². The van der Waals surface area contributed by atoms with Crippen LogP contribution in [0.25, 0.3) is 5.57 Å². The molecule has 2 nitrogen and oxygen atoms in total. The van der Waals surface area contributed by atoms with E-state index >= 15 is 0 Å². The second-order valence-electron chi connectivity index (χ2n) is 3.75. The van der Waals surface area contributed by atoms with E-state index in [4.69, 9.17) is 0 Å². The lowest BCUT2D eigenvalue weighted by Crippen LogP contribution is -2.06. The van der Waals surface area contributed by atoms with Gasteiger partial charge >= 0.3 is 0 Å². The van der Waals surface area contributed by atoms with Crippen LogP contribution in [0.4, 0.5) is 5.69 Å². The van der Waals surface area contributed by atoms with E-state index in [0.717, 1.165) is 18.5 Å². The molecule has 2 rings (SSSR count). The zero-order valence-corrected chi connectivity index (χ0v) is 9.36. The Morgan fingerprint density at radius 3 is 2.75 bits per heavy atom. The van der Waals surface area contributed by atoms with Crippen LogP contribution >= 0.6 is 0 Å². The van der Waals surface area contributed by atoms with Crippen LogP contribution in [0, 0.1) is 0 Å². The number of allylic oxidation sites excluding steroid dienone is 4. The fraction of sp³-hybridized carbons (Fsp3) is 0.214. The van der Waals surface area contributed by atoms with E-state index in [1.807, 2.05) is 31.2 Å². The van der Waals surface area contributed by atoms with E-state index in [2.05, 4.69) is 17.5 Å². The van der Waals surface area contributed by atoms with Gasteiger partial charge < -0.3 is 5.32 Å². The van der Waals surface area contributed by atoms with Crippen LogP contribution in [0.3, 0.4) is 0 Å². The van der Waals surface area contributed by atoms with Crippen molar-refractivity contribution in [2.24, 2.45) is 0 Å². The summed E-state index contributed by atoms with van der Waals surface area (Å²) in [6.07, 6.45) is 7.21. The minimum atomic E-state index is 0.0413. The fourth-order valence-electron chi connectivity index (χ4n) is 1.78. The summed E-state index contributed by atoms with van der Waals surface area (Å²) in [7, 11) is 0. The number of rotatable bonds is 3. The molecule has 0 fully saturated rings. The number of anilines is 1. The van der Waals surface area contributed by atoms with Crippen LogP contribution in [0.15, 0.2) is 47.3 Å². The summed E-state index contributed by atoms with van der Waals surface area (Å²) in [6.45, 7) is 2.75. The molecule has 16 heavy (non-hydrogen) atoms. The fourth-order valence-corrected chi connectivity index (χ4v) is 1.78. The van der Waals surface area contributed by atoms with Crippen molar-refractivity contribution in [3.63, 3.8) is 0 Å². The summed E-state index contributed by atoms with van der Waals surface area (Å²) in [4.78, 5) is 11.7. The Hall–Kier alpha value is -1.83. The summed E-state index contributed by atoms with van der Waals surface area (Å²) >= 11 is 0. The molecule has 0 unspecified atom stereocenters. The summed E-state index contributed by atoms with van der Waals surface area (Å²) in [5.41, 5.74) is 3.09. The highest BCUT2D eigenvalue weighted by atomic mass is 16.1. The average molecular weight is 213 g/mol. The molecule has 2 heteroatoms.